The number of thiophene rings is 5. The average Bonchev–Trinajstić information content (AvgIpc) is 4.07. The summed E-state index contributed by atoms with van der Waals surface area (Å²) in [6.45, 7) is 9.28. The molecule has 314 valence electrons. The van der Waals surface area contributed by atoms with Gasteiger partial charge in [0.2, 0.25) is 0 Å². The van der Waals surface area contributed by atoms with Crippen molar-refractivity contribution in [3.8, 4) is 39.0 Å². The fraction of sp³-hybridized carbons (Fsp3) is 0.615. The van der Waals surface area contributed by atoms with Crippen LogP contribution in [0.4, 0.5) is 0 Å². The van der Waals surface area contributed by atoms with Crippen molar-refractivity contribution in [2.24, 2.45) is 0 Å². The zero-order valence-corrected chi connectivity index (χ0v) is 40.5. The fourth-order valence-electron chi connectivity index (χ4n) is 8.33. The van der Waals surface area contributed by atoms with Gasteiger partial charge in [0.05, 0.1) is 0 Å². The molecule has 0 nitrogen and oxygen atoms in total. The maximum atomic E-state index is 2.61. The molecule has 0 bridgehead atoms. The predicted molar refractivity (Wildman–Crippen MR) is 266 cm³/mol. The highest BCUT2D eigenvalue weighted by molar-refractivity contribution is 7.29. The molecule has 0 N–H and O–H groups in total. The third-order valence-corrected chi connectivity index (χ3v) is 17.9. The summed E-state index contributed by atoms with van der Waals surface area (Å²) in [6.07, 6.45) is 37.5. The van der Waals surface area contributed by atoms with Gasteiger partial charge >= 0.3 is 0 Å². The van der Waals surface area contributed by atoms with Gasteiger partial charge in [-0.1, -0.05) is 156 Å². The highest BCUT2D eigenvalue weighted by Crippen LogP contribution is 2.49. The Morgan fingerprint density at radius 1 is 0.298 bits per heavy atom. The summed E-state index contributed by atoms with van der Waals surface area (Å²) < 4.78 is 0. The van der Waals surface area contributed by atoms with E-state index in [4.69, 9.17) is 0 Å². The van der Waals surface area contributed by atoms with E-state index in [0.717, 1.165) is 0 Å². The first-order valence-electron chi connectivity index (χ1n) is 23.7. The van der Waals surface area contributed by atoms with Gasteiger partial charge in [0.15, 0.2) is 0 Å². The van der Waals surface area contributed by atoms with E-state index in [0.29, 0.717) is 0 Å². The van der Waals surface area contributed by atoms with Crippen LogP contribution in [0.15, 0.2) is 47.2 Å². The minimum atomic E-state index is 1.20. The summed E-state index contributed by atoms with van der Waals surface area (Å²) in [7, 11) is 0. The number of hydrogen-bond donors (Lipinski definition) is 0. The van der Waals surface area contributed by atoms with E-state index in [-0.39, 0.29) is 0 Å². The van der Waals surface area contributed by atoms with Gasteiger partial charge in [0.1, 0.15) is 0 Å². The lowest BCUT2D eigenvalue weighted by Gasteiger charge is -2.04. The molecule has 0 atom stereocenters. The molecule has 0 amide bonds. The van der Waals surface area contributed by atoms with E-state index in [1.165, 1.54) is 209 Å². The maximum Gasteiger partial charge on any atom is 0.0481 e. The minimum Gasteiger partial charge on any atom is -0.143 e. The summed E-state index contributed by atoms with van der Waals surface area (Å²) >= 11 is 10.2. The van der Waals surface area contributed by atoms with Crippen molar-refractivity contribution >= 4 is 56.7 Å². The molecule has 0 aliphatic carbocycles. The molecular weight excluding hydrogens is 785 g/mol. The van der Waals surface area contributed by atoms with E-state index in [1.807, 2.05) is 22.7 Å². The molecule has 0 saturated carbocycles. The monoisotopic (exact) mass is 860 g/mol. The van der Waals surface area contributed by atoms with Gasteiger partial charge in [-0.3, -0.25) is 0 Å². The predicted octanol–water partition coefficient (Wildman–Crippen LogP) is 20.3. The van der Waals surface area contributed by atoms with E-state index in [9.17, 15) is 0 Å². The van der Waals surface area contributed by atoms with Gasteiger partial charge in [-0.25, -0.2) is 0 Å². The minimum absolute atomic E-state index is 1.20. The summed E-state index contributed by atoms with van der Waals surface area (Å²) in [5.74, 6) is 0. The number of aryl methyl sites for hydroxylation is 4. The Morgan fingerprint density at radius 2 is 0.614 bits per heavy atom. The van der Waals surface area contributed by atoms with Gasteiger partial charge in [-0.05, 0) is 121 Å². The summed E-state index contributed by atoms with van der Waals surface area (Å²) in [5, 5.41) is 4.70. The van der Waals surface area contributed by atoms with Crippen molar-refractivity contribution in [1.29, 1.82) is 0 Å². The molecule has 0 unspecified atom stereocenters. The van der Waals surface area contributed by atoms with E-state index < -0.39 is 0 Å². The van der Waals surface area contributed by atoms with Crippen LogP contribution in [0.25, 0.3) is 39.0 Å². The van der Waals surface area contributed by atoms with Gasteiger partial charge in [0, 0.05) is 39.0 Å². The lowest BCUT2D eigenvalue weighted by Crippen LogP contribution is -1.87. The van der Waals surface area contributed by atoms with Gasteiger partial charge in [0.25, 0.3) is 0 Å². The van der Waals surface area contributed by atoms with Crippen LogP contribution < -0.4 is 0 Å². The lowest BCUT2D eigenvalue weighted by molar-refractivity contribution is 0.608. The first-order chi connectivity index (χ1) is 28.2. The van der Waals surface area contributed by atoms with Crippen LogP contribution in [0.5, 0.6) is 0 Å². The highest BCUT2D eigenvalue weighted by Gasteiger charge is 2.21. The van der Waals surface area contributed by atoms with Crippen molar-refractivity contribution in [3.05, 3.63) is 69.4 Å². The lowest BCUT2D eigenvalue weighted by atomic mass is 10.0. The first kappa shape index (κ1) is 46.6. The largest absolute Gasteiger partial charge is 0.143 e. The summed E-state index contributed by atoms with van der Waals surface area (Å²) in [6, 6.07) is 15.0. The maximum absolute atomic E-state index is 2.61. The Morgan fingerprint density at radius 3 is 0.965 bits per heavy atom. The van der Waals surface area contributed by atoms with Gasteiger partial charge in [-0.15, -0.1) is 56.7 Å². The smallest absolute Gasteiger partial charge is 0.0481 e. The highest BCUT2D eigenvalue weighted by atomic mass is 32.1. The van der Waals surface area contributed by atoms with E-state index in [1.54, 1.807) is 32.0 Å². The van der Waals surface area contributed by atoms with Crippen LogP contribution in [0.1, 0.15) is 204 Å². The van der Waals surface area contributed by atoms with Crippen LogP contribution in [-0.2, 0) is 25.7 Å². The zero-order chi connectivity index (χ0) is 39.9. The zero-order valence-electron chi connectivity index (χ0n) is 36.5. The second-order valence-corrected chi connectivity index (χ2v) is 21.7. The molecular formula is C52H76S5. The normalized spacial score (nSPS) is 11.7. The van der Waals surface area contributed by atoms with Crippen molar-refractivity contribution in [3.63, 3.8) is 0 Å². The Kier molecular flexibility index (Phi) is 22.4. The molecule has 0 aromatic carbocycles. The number of hydrogen-bond acceptors (Lipinski definition) is 5. The van der Waals surface area contributed by atoms with Crippen LogP contribution in [0.3, 0.4) is 0 Å². The second-order valence-electron chi connectivity index (χ2n) is 16.7. The third-order valence-electron chi connectivity index (χ3n) is 11.8. The molecule has 57 heavy (non-hydrogen) atoms. The van der Waals surface area contributed by atoms with Crippen molar-refractivity contribution < 1.29 is 0 Å². The number of rotatable bonds is 32. The van der Waals surface area contributed by atoms with Crippen molar-refractivity contribution in [2.75, 3.05) is 0 Å². The molecule has 5 aromatic heterocycles. The van der Waals surface area contributed by atoms with Crippen molar-refractivity contribution in [1.82, 2.24) is 0 Å². The summed E-state index contributed by atoms with van der Waals surface area (Å²) in [5.41, 5.74) is 6.34. The van der Waals surface area contributed by atoms with Crippen molar-refractivity contribution in [2.45, 2.75) is 207 Å². The Labute approximate surface area is 370 Å². The standard InChI is InChI=1S/C52H76S5/c1-5-9-13-17-21-25-29-41-35-37-53-49(41)47-39-43(31-27-23-19-15-11-7-3)51(56-47)45-33-34-46(55-45)52-44(32-28-24-20-16-12-8-4)40-48(57-52)50-42(36-38-54-50)30-26-22-18-14-10-6-2/h33-40H,5-32H2,1-4H3. The molecule has 0 fully saturated rings. The summed E-state index contributed by atoms with van der Waals surface area (Å²) in [4.78, 5) is 12.2. The molecule has 5 heterocycles. The molecule has 5 aromatic rings. The molecule has 0 aliphatic rings. The van der Waals surface area contributed by atoms with E-state index in [2.05, 4.69) is 109 Å². The molecule has 0 spiro atoms. The second kappa shape index (κ2) is 27.4. The quantitative estimate of drug-likeness (QED) is 0.0378. The Bertz CT molecular complexity index is 1640. The average molecular weight is 862 g/mol. The molecule has 0 saturated heterocycles. The molecule has 0 aliphatic heterocycles. The van der Waals surface area contributed by atoms with Crippen LogP contribution in [0.2, 0.25) is 0 Å². The van der Waals surface area contributed by atoms with Crippen LogP contribution >= 0.6 is 56.7 Å². The van der Waals surface area contributed by atoms with Crippen LogP contribution in [0, 0.1) is 0 Å². The Balaban J connectivity index is 1.38. The fourth-order valence-corrected chi connectivity index (χ4v) is 14.3. The first-order valence-corrected chi connectivity index (χ1v) is 27.9. The SMILES string of the molecule is CCCCCCCCc1ccsc1-c1cc(CCCCCCCC)c(-c2ccc(-c3sc(-c4sccc4CCCCCCCC)cc3CCCCCCCC)s2)s1. The molecule has 5 heteroatoms. The Hall–Kier alpha value is -1.50. The molecule has 0 radical (unpaired) electrons. The number of unbranched alkanes of at least 4 members (excludes halogenated alkanes) is 20. The third kappa shape index (κ3) is 15.2. The van der Waals surface area contributed by atoms with Gasteiger partial charge in [-0.2, -0.15) is 0 Å². The van der Waals surface area contributed by atoms with E-state index >= 15 is 0 Å². The topological polar surface area (TPSA) is 0 Å². The van der Waals surface area contributed by atoms with Gasteiger partial charge < -0.3 is 0 Å². The molecule has 5 rings (SSSR count). The van der Waals surface area contributed by atoms with Crippen LogP contribution in [-0.4, -0.2) is 0 Å².